The molecule has 7 nitrogen and oxygen atoms in total. The number of nitrogens with zero attached hydrogens (tertiary/aromatic N) is 4. The average Bonchev–Trinajstić information content (AvgIpc) is 3.10. The van der Waals surface area contributed by atoms with Crippen molar-refractivity contribution < 1.29 is 9.18 Å². The van der Waals surface area contributed by atoms with Gasteiger partial charge >= 0.3 is 0 Å². The standard InChI is InChI=1S/C18H11BrFN5O2/c19-12-3-1-11(2-4-12)17(26)23-24-10-21-16-15(18(24)27)9-22-25(16)14-7-5-13(20)6-8-14/h1-10H,(H,23,26). The monoisotopic (exact) mass is 427 g/mol. The zero-order chi connectivity index (χ0) is 19.0. The Hall–Kier alpha value is -3.33. The molecule has 0 unspecified atom stereocenters. The molecule has 134 valence electrons. The second kappa shape index (κ2) is 6.76. The molecule has 4 rings (SSSR count). The number of carbonyl (C=O) groups is 1. The molecule has 0 aliphatic carbocycles. The third kappa shape index (κ3) is 3.24. The van der Waals surface area contributed by atoms with Crippen molar-refractivity contribution in [3.8, 4) is 5.69 Å². The Kier molecular flexibility index (Phi) is 4.28. The second-order valence-electron chi connectivity index (χ2n) is 5.64. The van der Waals surface area contributed by atoms with Crippen molar-refractivity contribution in [1.82, 2.24) is 19.4 Å². The summed E-state index contributed by atoms with van der Waals surface area (Å²) >= 11 is 3.30. The van der Waals surface area contributed by atoms with E-state index in [2.05, 4.69) is 31.4 Å². The van der Waals surface area contributed by atoms with Gasteiger partial charge in [0.2, 0.25) is 0 Å². The number of aromatic nitrogens is 4. The average molecular weight is 428 g/mol. The smallest absolute Gasteiger partial charge is 0.267 e. The molecule has 0 aliphatic heterocycles. The van der Waals surface area contributed by atoms with E-state index in [-0.39, 0.29) is 11.2 Å². The number of hydrogen-bond donors (Lipinski definition) is 1. The number of amides is 1. The maximum absolute atomic E-state index is 13.1. The SMILES string of the molecule is O=C(Nn1cnc2c(cnn2-c2ccc(F)cc2)c1=O)c1ccc(Br)cc1. The molecule has 0 spiro atoms. The Morgan fingerprint density at radius 1 is 1.07 bits per heavy atom. The van der Waals surface area contributed by atoms with E-state index < -0.39 is 11.5 Å². The second-order valence-corrected chi connectivity index (χ2v) is 6.55. The molecule has 2 heterocycles. The van der Waals surface area contributed by atoms with Crippen LogP contribution in [-0.4, -0.2) is 25.3 Å². The van der Waals surface area contributed by atoms with Crippen LogP contribution in [0.25, 0.3) is 16.7 Å². The van der Waals surface area contributed by atoms with E-state index in [0.717, 1.165) is 9.15 Å². The molecule has 1 amide bonds. The molecule has 9 heteroatoms. The molecule has 0 saturated heterocycles. The Balaban J connectivity index is 1.69. The van der Waals surface area contributed by atoms with E-state index >= 15 is 0 Å². The normalized spacial score (nSPS) is 10.9. The fraction of sp³-hybridized carbons (Fsp3) is 0. The van der Waals surface area contributed by atoms with Crippen LogP contribution in [0.15, 0.2) is 70.3 Å². The summed E-state index contributed by atoms with van der Waals surface area (Å²) < 4.78 is 16.4. The quantitative estimate of drug-likeness (QED) is 0.544. The number of benzene rings is 2. The maximum atomic E-state index is 13.1. The van der Waals surface area contributed by atoms with Gasteiger partial charge in [-0.05, 0) is 48.5 Å². The fourth-order valence-electron chi connectivity index (χ4n) is 2.54. The summed E-state index contributed by atoms with van der Waals surface area (Å²) in [6.45, 7) is 0. The van der Waals surface area contributed by atoms with Crippen LogP contribution in [0.2, 0.25) is 0 Å². The lowest BCUT2D eigenvalue weighted by Crippen LogP contribution is -2.33. The molecule has 1 N–H and O–H groups in total. The Morgan fingerprint density at radius 2 is 1.78 bits per heavy atom. The van der Waals surface area contributed by atoms with E-state index in [1.54, 1.807) is 24.3 Å². The van der Waals surface area contributed by atoms with Crippen LogP contribution in [0.1, 0.15) is 10.4 Å². The van der Waals surface area contributed by atoms with E-state index in [4.69, 9.17) is 0 Å². The maximum Gasteiger partial charge on any atom is 0.283 e. The lowest BCUT2D eigenvalue weighted by atomic mass is 10.2. The molecule has 4 aromatic rings. The van der Waals surface area contributed by atoms with Gasteiger partial charge in [0.15, 0.2) is 5.65 Å². The van der Waals surface area contributed by atoms with Gasteiger partial charge in [-0.1, -0.05) is 15.9 Å². The number of carbonyl (C=O) groups excluding carboxylic acids is 1. The summed E-state index contributed by atoms with van der Waals surface area (Å²) in [6.07, 6.45) is 2.57. The van der Waals surface area contributed by atoms with Crippen LogP contribution in [-0.2, 0) is 0 Å². The lowest BCUT2D eigenvalue weighted by molar-refractivity contribution is 0.101. The van der Waals surface area contributed by atoms with Gasteiger partial charge in [0, 0.05) is 10.0 Å². The highest BCUT2D eigenvalue weighted by Crippen LogP contribution is 2.14. The van der Waals surface area contributed by atoms with Crippen LogP contribution in [0, 0.1) is 5.82 Å². The van der Waals surface area contributed by atoms with Gasteiger partial charge in [-0.15, -0.1) is 0 Å². The summed E-state index contributed by atoms with van der Waals surface area (Å²) in [7, 11) is 0. The minimum Gasteiger partial charge on any atom is -0.267 e. The predicted molar refractivity (Wildman–Crippen MR) is 101 cm³/mol. The highest BCUT2D eigenvalue weighted by molar-refractivity contribution is 9.10. The fourth-order valence-corrected chi connectivity index (χ4v) is 2.80. The van der Waals surface area contributed by atoms with E-state index in [1.165, 1.54) is 41.5 Å². The predicted octanol–water partition coefficient (Wildman–Crippen LogP) is 2.87. The Morgan fingerprint density at radius 3 is 2.48 bits per heavy atom. The molecule has 27 heavy (non-hydrogen) atoms. The molecule has 2 aromatic carbocycles. The van der Waals surface area contributed by atoms with Gasteiger partial charge in [-0.25, -0.2) is 18.7 Å². The van der Waals surface area contributed by atoms with Crippen molar-refractivity contribution in [1.29, 1.82) is 0 Å². The summed E-state index contributed by atoms with van der Waals surface area (Å²) in [5, 5.41) is 4.36. The summed E-state index contributed by atoms with van der Waals surface area (Å²) in [6, 6.07) is 12.4. The van der Waals surface area contributed by atoms with Crippen LogP contribution in [0.5, 0.6) is 0 Å². The molecule has 0 saturated carbocycles. The summed E-state index contributed by atoms with van der Waals surface area (Å²) in [5.41, 5.74) is 3.29. The minimum atomic E-state index is -0.473. The minimum absolute atomic E-state index is 0.220. The number of nitrogens with one attached hydrogen (secondary N) is 1. The van der Waals surface area contributed by atoms with Gasteiger partial charge in [0.25, 0.3) is 11.5 Å². The summed E-state index contributed by atoms with van der Waals surface area (Å²) in [5.74, 6) is -0.821. The van der Waals surface area contributed by atoms with Crippen molar-refractivity contribution in [3.63, 3.8) is 0 Å². The lowest BCUT2D eigenvalue weighted by Gasteiger charge is -2.08. The van der Waals surface area contributed by atoms with Crippen molar-refractivity contribution in [2.24, 2.45) is 0 Å². The first-order valence-corrected chi connectivity index (χ1v) is 8.60. The van der Waals surface area contributed by atoms with E-state index in [0.29, 0.717) is 16.9 Å². The van der Waals surface area contributed by atoms with Gasteiger partial charge in [0.05, 0.1) is 11.9 Å². The van der Waals surface area contributed by atoms with E-state index in [9.17, 15) is 14.0 Å². The number of fused-ring (bicyclic) bond motifs is 1. The topological polar surface area (TPSA) is 81.8 Å². The van der Waals surface area contributed by atoms with Crippen LogP contribution < -0.4 is 11.0 Å². The number of rotatable bonds is 3. The van der Waals surface area contributed by atoms with Crippen LogP contribution >= 0.6 is 15.9 Å². The van der Waals surface area contributed by atoms with Gasteiger partial charge in [-0.3, -0.25) is 15.0 Å². The first-order chi connectivity index (χ1) is 13.0. The van der Waals surface area contributed by atoms with Gasteiger partial charge < -0.3 is 0 Å². The molecule has 0 fully saturated rings. The van der Waals surface area contributed by atoms with Crippen LogP contribution in [0.3, 0.4) is 0 Å². The number of halogens is 2. The zero-order valence-electron chi connectivity index (χ0n) is 13.6. The van der Waals surface area contributed by atoms with Crippen molar-refractivity contribution in [2.75, 3.05) is 5.43 Å². The van der Waals surface area contributed by atoms with E-state index in [1.807, 2.05) is 0 Å². The Labute approximate surface area is 160 Å². The van der Waals surface area contributed by atoms with Crippen molar-refractivity contribution in [2.45, 2.75) is 0 Å². The summed E-state index contributed by atoms with van der Waals surface area (Å²) in [4.78, 5) is 29.1. The largest absolute Gasteiger partial charge is 0.283 e. The van der Waals surface area contributed by atoms with Crippen molar-refractivity contribution in [3.05, 3.63) is 87.3 Å². The van der Waals surface area contributed by atoms with Gasteiger partial charge in [-0.2, -0.15) is 5.10 Å². The van der Waals surface area contributed by atoms with Crippen molar-refractivity contribution >= 4 is 32.9 Å². The van der Waals surface area contributed by atoms with Crippen LogP contribution in [0.4, 0.5) is 4.39 Å². The molecule has 0 atom stereocenters. The first kappa shape index (κ1) is 17.1. The highest BCUT2D eigenvalue weighted by atomic mass is 79.9. The number of hydrogen-bond acceptors (Lipinski definition) is 4. The molecule has 0 radical (unpaired) electrons. The first-order valence-electron chi connectivity index (χ1n) is 7.81. The Bertz CT molecular complexity index is 1200. The zero-order valence-corrected chi connectivity index (χ0v) is 15.2. The highest BCUT2D eigenvalue weighted by Gasteiger charge is 2.13. The third-order valence-corrected chi connectivity index (χ3v) is 4.42. The molecular formula is C18H11BrFN5O2. The third-order valence-electron chi connectivity index (χ3n) is 3.89. The molecule has 0 aliphatic rings. The molecular weight excluding hydrogens is 417 g/mol. The molecule has 2 aromatic heterocycles. The van der Waals surface area contributed by atoms with Gasteiger partial charge in [0.1, 0.15) is 17.5 Å². The molecule has 0 bridgehead atoms.